The van der Waals surface area contributed by atoms with Crippen LogP contribution in [0.5, 0.6) is 0 Å². The van der Waals surface area contributed by atoms with E-state index in [1.807, 2.05) is 18.2 Å². The molecule has 0 atom stereocenters. The smallest absolute Gasteiger partial charge is 0.232 e. The highest BCUT2D eigenvalue weighted by Crippen LogP contribution is 2.40. The van der Waals surface area contributed by atoms with E-state index in [-0.39, 0.29) is 5.91 Å². The molecule has 2 heterocycles. The number of piperidine rings is 1. The van der Waals surface area contributed by atoms with Crippen LogP contribution in [0.2, 0.25) is 0 Å². The summed E-state index contributed by atoms with van der Waals surface area (Å²) in [7, 11) is 0. The summed E-state index contributed by atoms with van der Waals surface area (Å²) in [6.07, 6.45) is 3.59. The molecule has 0 unspecified atom stereocenters. The quantitative estimate of drug-likeness (QED) is 0.906. The molecule has 1 N–H and O–H groups in total. The molecule has 0 bridgehead atoms. The lowest BCUT2D eigenvalue weighted by molar-refractivity contribution is -0.135. The number of nitrogens with zero attached hydrogens (tertiary/aromatic N) is 1. The molecule has 1 amide bonds. The van der Waals surface area contributed by atoms with Gasteiger partial charge >= 0.3 is 0 Å². The second kappa shape index (κ2) is 5.45. The molecule has 2 aliphatic heterocycles. The Kier molecular flexibility index (Phi) is 3.78. The largest absolute Gasteiger partial charge is 0.341 e. The Morgan fingerprint density at radius 2 is 1.81 bits per heavy atom. The van der Waals surface area contributed by atoms with Crippen molar-refractivity contribution in [2.45, 2.75) is 38.5 Å². The van der Waals surface area contributed by atoms with Crippen molar-refractivity contribution in [3.63, 3.8) is 0 Å². The van der Waals surface area contributed by atoms with Crippen LogP contribution in [0, 0.1) is 5.41 Å². The van der Waals surface area contributed by atoms with Crippen LogP contribution in [0.3, 0.4) is 0 Å². The number of hydrogen-bond acceptors (Lipinski definition) is 2. The maximum atomic E-state index is 13.0. The van der Waals surface area contributed by atoms with Gasteiger partial charge in [0.1, 0.15) is 0 Å². The molecule has 2 aliphatic rings. The van der Waals surface area contributed by atoms with E-state index in [1.165, 1.54) is 19.3 Å². The van der Waals surface area contributed by atoms with Crippen molar-refractivity contribution in [1.29, 1.82) is 0 Å². The van der Waals surface area contributed by atoms with Crippen molar-refractivity contribution in [2.24, 2.45) is 5.41 Å². The lowest BCUT2D eigenvalue weighted by Gasteiger charge is -2.35. The molecule has 0 saturated carbocycles. The first kappa shape index (κ1) is 14.6. The Hall–Kier alpha value is -1.35. The number of benzene rings is 1. The number of rotatable bonds is 2. The fourth-order valence-corrected chi connectivity index (χ4v) is 3.85. The van der Waals surface area contributed by atoms with Crippen LogP contribution in [0.25, 0.3) is 0 Å². The number of likely N-dealkylation sites (tertiary alicyclic amines) is 1. The number of carbonyl (C=O) groups is 1. The Morgan fingerprint density at radius 1 is 1.14 bits per heavy atom. The van der Waals surface area contributed by atoms with Gasteiger partial charge in [0.15, 0.2) is 0 Å². The van der Waals surface area contributed by atoms with Crippen molar-refractivity contribution in [3.05, 3.63) is 35.9 Å². The summed E-state index contributed by atoms with van der Waals surface area (Å²) >= 11 is 0. The second-order valence-electron chi connectivity index (χ2n) is 7.22. The average molecular weight is 286 g/mol. The Balaban J connectivity index is 1.74. The predicted molar refractivity (Wildman–Crippen MR) is 85.2 cm³/mol. The van der Waals surface area contributed by atoms with E-state index in [2.05, 4.69) is 36.2 Å². The Labute approximate surface area is 127 Å². The van der Waals surface area contributed by atoms with Gasteiger partial charge in [-0.25, -0.2) is 0 Å². The average Bonchev–Trinajstić information content (AvgIpc) is 2.91. The standard InChI is InChI=1S/C18H26N2O/c1-17(2,15-6-4-3-5-7-15)16(21)20-13-10-18(14-20)8-11-19-12-9-18/h3-7,19H,8-14H2,1-2H3. The maximum Gasteiger partial charge on any atom is 0.232 e. The van der Waals surface area contributed by atoms with Crippen LogP contribution in [-0.2, 0) is 10.2 Å². The van der Waals surface area contributed by atoms with Gasteiger partial charge in [-0.15, -0.1) is 0 Å². The van der Waals surface area contributed by atoms with E-state index in [1.54, 1.807) is 0 Å². The summed E-state index contributed by atoms with van der Waals surface area (Å²) in [5, 5.41) is 3.43. The number of nitrogens with one attached hydrogen (secondary N) is 1. The second-order valence-corrected chi connectivity index (χ2v) is 7.22. The van der Waals surface area contributed by atoms with Gasteiger partial charge in [0.2, 0.25) is 5.91 Å². The van der Waals surface area contributed by atoms with Crippen LogP contribution in [0.4, 0.5) is 0 Å². The maximum absolute atomic E-state index is 13.0. The van der Waals surface area contributed by atoms with Crippen molar-refractivity contribution in [2.75, 3.05) is 26.2 Å². The first-order valence-electron chi connectivity index (χ1n) is 8.09. The molecule has 3 nitrogen and oxygen atoms in total. The highest BCUT2D eigenvalue weighted by Gasteiger charge is 2.44. The predicted octanol–water partition coefficient (Wildman–Crippen LogP) is 2.57. The first-order chi connectivity index (χ1) is 10.0. The van der Waals surface area contributed by atoms with E-state index >= 15 is 0 Å². The SMILES string of the molecule is CC(C)(C(=O)N1CCC2(CCNCC2)C1)c1ccccc1. The summed E-state index contributed by atoms with van der Waals surface area (Å²) in [6.45, 7) is 8.18. The molecule has 0 radical (unpaired) electrons. The third-order valence-corrected chi connectivity index (χ3v) is 5.42. The molecule has 2 saturated heterocycles. The van der Waals surface area contributed by atoms with Crippen LogP contribution < -0.4 is 5.32 Å². The van der Waals surface area contributed by atoms with E-state index < -0.39 is 5.41 Å². The third-order valence-electron chi connectivity index (χ3n) is 5.42. The molecule has 1 aromatic rings. The molecule has 3 rings (SSSR count). The molecule has 2 fully saturated rings. The van der Waals surface area contributed by atoms with Gasteiger partial charge in [-0.1, -0.05) is 30.3 Å². The summed E-state index contributed by atoms with van der Waals surface area (Å²) in [5.41, 5.74) is 1.06. The fourth-order valence-electron chi connectivity index (χ4n) is 3.85. The zero-order valence-electron chi connectivity index (χ0n) is 13.2. The van der Waals surface area contributed by atoms with Gasteiger partial charge in [-0.05, 0) is 57.2 Å². The zero-order chi connectivity index (χ0) is 14.9. The van der Waals surface area contributed by atoms with E-state index in [0.717, 1.165) is 31.7 Å². The molecule has 3 heteroatoms. The first-order valence-corrected chi connectivity index (χ1v) is 8.09. The molecule has 0 aromatic heterocycles. The highest BCUT2D eigenvalue weighted by molar-refractivity contribution is 5.87. The topological polar surface area (TPSA) is 32.3 Å². The monoisotopic (exact) mass is 286 g/mol. The number of carbonyl (C=O) groups excluding carboxylic acids is 1. The lowest BCUT2D eigenvalue weighted by Crippen LogP contribution is -2.45. The fraction of sp³-hybridized carbons (Fsp3) is 0.611. The number of amides is 1. The van der Waals surface area contributed by atoms with Crippen LogP contribution >= 0.6 is 0 Å². The van der Waals surface area contributed by atoms with Crippen molar-refractivity contribution in [1.82, 2.24) is 10.2 Å². The zero-order valence-corrected chi connectivity index (χ0v) is 13.2. The third kappa shape index (κ3) is 2.71. The molecular formula is C18H26N2O. The van der Waals surface area contributed by atoms with Gasteiger partial charge in [-0.3, -0.25) is 4.79 Å². The number of hydrogen-bond donors (Lipinski definition) is 1. The van der Waals surface area contributed by atoms with E-state index in [4.69, 9.17) is 0 Å². The van der Waals surface area contributed by atoms with E-state index in [0.29, 0.717) is 5.41 Å². The molecular weight excluding hydrogens is 260 g/mol. The summed E-state index contributed by atoms with van der Waals surface area (Å²) < 4.78 is 0. The van der Waals surface area contributed by atoms with Crippen LogP contribution in [-0.4, -0.2) is 37.0 Å². The Bertz CT molecular complexity index is 503. The summed E-state index contributed by atoms with van der Waals surface area (Å²) in [4.78, 5) is 15.1. The van der Waals surface area contributed by atoms with Crippen molar-refractivity contribution >= 4 is 5.91 Å². The van der Waals surface area contributed by atoms with Crippen LogP contribution in [0.1, 0.15) is 38.7 Å². The lowest BCUT2D eigenvalue weighted by atomic mass is 9.78. The molecule has 114 valence electrons. The molecule has 21 heavy (non-hydrogen) atoms. The molecule has 1 spiro atoms. The summed E-state index contributed by atoms with van der Waals surface area (Å²) in [6, 6.07) is 10.2. The highest BCUT2D eigenvalue weighted by atomic mass is 16.2. The molecule has 0 aliphatic carbocycles. The van der Waals surface area contributed by atoms with E-state index in [9.17, 15) is 4.79 Å². The van der Waals surface area contributed by atoms with Gasteiger partial charge < -0.3 is 10.2 Å². The van der Waals surface area contributed by atoms with Crippen LogP contribution in [0.15, 0.2) is 30.3 Å². The van der Waals surface area contributed by atoms with Crippen molar-refractivity contribution in [3.8, 4) is 0 Å². The minimum Gasteiger partial charge on any atom is -0.341 e. The van der Waals surface area contributed by atoms with Crippen molar-refractivity contribution < 1.29 is 4.79 Å². The minimum absolute atomic E-state index is 0.282. The van der Waals surface area contributed by atoms with Gasteiger partial charge in [0.25, 0.3) is 0 Å². The Morgan fingerprint density at radius 3 is 2.48 bits per heavy atom. The molecule has 1 aromatic carbocycles. The van der Waals surface area contributed by atoms with Gasteiger partial charge in [0, 0.05) is 13.1 Å². The van der Waals surface area contributed by atoms with Gasteiger partial charge in [-0.2, -0.15) is 0 Å². The van der Waals surface area contributed by atoms with Gasteiger partial charge in [0.05, 0.1) is 5.41 Å². The minimum atomic E-state index is -0.431. The normalized spacial score (nSPS) is 21.7. The summed E-state index contributed by atoms with van der Waals surface area (Å²) in [5.74, 6) is 0.282.